The molecule has 0 unspecified atom stereocenters. The van der Waals surface area contributed by atoms with E-state index in [9.17, 15) is 9.59 Å². The predicted octanol–water partition coefficient (Wildman–Crippen LogP) is 5.08. The van der Waals surface area contributed by atoms with E-state index in [4.69, 9.17) is 11.6 Å². The molecular formula is C23H18ClN3O2S. The number of aromatic nitrogens is 2. The van der Waals surface area contributed by atoms with Gasteiger partial charge >= 0.3 is 0 Å². The van der Waals surface area contributed by atoms with Gasteiger partial charge in [0.1, 0.15) is 0 Å². The molecule has 0 fully saturated rings. The standard InChI is InChI=1S/C23H18ClN3O2S/c1-15-10-12-16(13-11-15)27-22(29)17-6-2-4-8-19(17)26-23(27)30-14-21(28)25-20-9-5-3-7-18(20)24/h2-13H,14H2,1H3,(H,25,28). The minimum atomic E-state index is -0.231. The molecule has 4 aromatic rings. The lowest BCUT2D eigenvalue weighted by Gasteiger charge is -2.13. The molecule has 0 saturated heterocycles. The maximum Gasteiger partial charge on any atom is 0.266 e. The Hall–Kier alpha value is -3.09. The number of para-hydroxylation sites is 2. The maximum absolute atomic E-state index is 13.2. The molecule has 150 valence electrons. The molecule has 1 aromatic heterocycles. The van der Waals surface area contributed by atoms with Crippen LogP contribution in [0, 0.1) is 6.92 Å². The fraction of sp³-hybridized carbons (Fsp3) is 0.0870. The molecule has 0 aliphatic rings. The van der Waals surface area contributed by atoms with Crippen molar-refractivity contribution in [3.63, 3.8) is 0 Å². The van der Waals surface area contributed by atoms with Gasteiger partial charge in [0.25, 0.3) is 5.56 Å². The van der Waals surface area contributed by atoms with E-state index in [1.165, 1.54) is 11.8 Å². The lowest BCUT2D eigenvalue weighted by atomic mass is 10.2. The van der Waals surface area contributed by atoms with Gasteiger partial charge in [0.05, 0.1) is 33.1 Å². The highest BCUT2D eigenvalue weighted by Crippen LogP contribution is 2.24. The molecule has 0 aliphatic heterocycles. The molecule has 1 amide bonds. The van der Waals surface area contributed by atoms with E-state index in [2.05, 4.69) is 10.3 Å². The van der Waals surface area contributed by atoms with Crippen molar-refractivity contribution in [1.82, 2.24) is 9.55 Å². The third-order valence-electron chi connectivity index (χ3n) is 4.52. The van der Waals surface area contributed by atoms with Gasteiger partial charge in [-0.2, -0.15) is 0 Å². The van der Waals surface area contributed by atoms with Crippen LogP contribution >= 0.6 is 23.4 Å². The Morgan fingerprint density at radius 2 is 1.73 bits per heavy atom. The molecule has 1 heterocycles. The largest absolute Gasteiger partial charge is 0.324 e. The number of nitrogens with one attached hydrogen (secondary N) is 1. The minimum absolute atomic E-state index is 0.0852. The number of rotatable bonds is 5. The lowest BCUT2D eigenvalue weighted by molar-refractivity contribution is -0.113. The van der Waals surface area contributed by atoms with Gasteiger partial charge in [0.15, 0.2) is 5.16 Å². The molecule has 1 N–H and O–H groups in total. The molecule has 0 radical (unpaired) electrons. The topological polar surface area (TPSA) is 64.0 Å². The molecule has 0 saturated carbocycles. The van der Waals surface area contributed by atoms with Gasteiger partial charge in [-0.3, -0.25) is 14.2 Å². The van der Waals surface area contributed by atoms with Crippen molar-refractivity contribution in [3.05, 3.63) is 93.7 Å². The van der Waals surface area contributed by atoms with E-state index in [0.717, 1.165) is 5.56 Å². The number of anilines is 1. The summed E-state index contributed by atoms with van der Waals surface area (Å²) in [7, 11) is 0. The van der Waals surface area contributed by atoms with Crippen LogP contribution in [-0.4, -0.2) is 21.2 Å². The van der Waals surface area contributed by atoms with E-state index in [-0.39, 0.29) is 17.2 Å². The second kappa shape index (κ2) is 8.73. The van der Waals surface area contributed by atoms with Crippen LogP contribution in [0.4, 0.5) is 5.69 Å². The molecule has 0 spiro atoms. The summed E-state index contributed by atoms with van der Waals surface area (Å²) in [6.45, 7) is 1.99. The predicted molar refractivity (Wildman–Crippen MR) is 123 cm³/mol. The zero-order valence-electron chi connectivity index (χ0n) is 16.1. The fourth-order valence-corrected chi connectivity index (χ4v) is 4.01. The molecule has 0 atom stereocenters. The van der Waals surface area contributed by atoms with Crippen LogP contribution in [0.15, 0.2) is 82.7 Å². The van der Waals surface area contributed by atoms with Crippen molar-refractivity contribution >= 4 is 45.9 Å². The third-order valence-corrected chi connectivity index (χ3v) is 5.79. The highest BCUT2D eigenvalue weighted by atomic mass is 35.5. The third kappa shape index (κ3) is 4.25. The molecule has 0 bridgehead atoms. The van der Waals surface area contributed by atoms with Gasteiger partial charge in [-0.15, -0.1) is 0 Å². The number of benzene rings is 3. The van der Waals surface area contributed by atoms with Crippen LogP contribution in [0.2, 0.25) is 5.02 Å². The van der Waals surface area contributed by atoms with Gasteiger partial charge in [-0.1, -0.05) is 65.3 Å². The number of hydrogen-bond donors (Lipinski definition) is 1. The van der Waals surface area contributed by atoms with Crippen molar-refractivity contribution in [2.75, 3.05) is 11.1 Å². The van der Waals surface area contributed by atoms with Crippen LogP contribution in [0.25, 0.3) is 16.6 Å². The van der Waals surface area contributed by atoms with Gasteiger partial charge in [-0.25, -0.2) is 4.98 Å². The Labute approximate surface area is 182 Å². The summed E-state index contributed by atoms with van der Waals surface area (Å²) in [6, 6.07) is 21.9. The summed E-state index contributed by atoms with van der Waals surface area (Å²) in [5.74, 6) is -0.145. The average molecular weight is 436 g/mol. The molecule has 4 rings (SSSR count). The number of carbonyl (C=O) groups excluding carboxylic acids is 1. The van der Waals surface area contributed by atoms with Gasteiger partial charge < -0.3 is 5.32 Å². The number of nitrogens with zero attached hydrogens (tertiary/aromatic N) is 2. The number of amides is 1. The highest BCUT2D eigenvalue weighted by Gasteiger charge is 2.15. The average Bonchev–Trinajstić information content (AvgIpc) is 2.75. The minimum Gasteiger partial charge on any atom is -0.324 e. The van der Waals surface area contributed by atoms with Crippen molar-refractivity contribution < 1.29 is 4.79 Å². The first-order chi connectivity index (χ1) is 14.5. The summed E-state index contributed by atoms with van der Waals surface area (Å²) >= 11 is 7.32. The van der Waals surface area contributed by atoms with E-state index >= 15 is 0 Å². The monoisotopic (exact) mass is 435 g/mol. The smallest absolute Gasteiger partial charge is 0.266 e. The van der Waals surface area contributed by atoms with E-state index in [1.807, 2.05) is 43.3 Å². The normalized spacial score (nSPS) is 10.9. The Kier molecular flexibility index (Phi) is 5.88. The lowest BCUT2D eigenvalue weighted by Crippen LogP contribution is -2.23. The van der Waals surface area contributed by atoms with Crippen LogP contribution in [0.5, 0.6) is 0 Å². The van der Waals surface area contributed by atoms with Gasteiger partial charge in [0, 0.05) is 0 Å². The summed E-state index contributed by atoms with van der Waals surface area (Å²) in [5, 5.41) is 4.25. The Bertz CT molecular complexity index is 1290. The molecule has 0 aliphatic carbocycles. The second-order valence-electron chi connectivity index (χ2n) is 6.70. The molecule has 30 heavy (non-hydrogen) atoms. The molecular weight excluding hydrogens is 418 g/mol. The van der Waals surface area contributed by atoms with Crippen LogP contribution in [0.1, 0.15) is 5.56 Å². The first-order valence-corrected chi connectivity index (χ1v) is 10.7. The van der Waals surface area contributed by atoms with Crippen molar-refractivity contribution in [3.8, 4) is 5.69 Å². The Morgan fingerprint density at radius 3 is 2.50 bits per heavy atom. The maximum atomic E-state index is 13.2. The molecule has 3 aromatic carbocycles. The van der Waals surface area contributed by atoms with Crippen LogP contribution < -0.4 is 10.9 Å². The first-order valence-electron chi connectivity index (χ1n) is 9.29. The Morgan fingerprint density at radius 1 is 1.03 bits per heavy atom. The molecule has 5 nitrogen and oxygen atoms in total. The number of halogens is 1. The number of fused-ring (bicyclic) bond motifs is 1. The fourth-order valence-electron chi connectivity index (χ4n) is 3.01. The summed E-state index contributed by atoms with van der Waals surface area (Å²) in [6.07, 6.45) is 0. The van der Waals surface area contributed by atoms with Gasteiger partial charge in [0.2, 0.25) is 5.91 Å². The SMILES string of the molecule is Cc1ccc(-n2c(SCC(=O)Nc3ccccc3Cl)nc3ccccc3c2=O)cc1. The number of carbonyl (C=O) groups is 1. The summed E-state index contributed by atoms with van der Waals surface area (Å²) in [4.78, 5) is 30.3. The number of hydrogen-bond acceptors (Lipinski definition) is 4. The highest BCUT2D eigenvalue weighted by molar-refractivity contribution is 7.99. The number of thioether (sulfide) groups is 1. The first kappa shape index (κ1) is 20.2. The second-order valence-corrected chi connectivity index (χ2v) is 8.05. The van der Waals surface area contributed by atoms with Crippen molar-refractivity contribution in [2.45, 2.75) is 12.1 Å². The summed E-state index contributed by atoms with van der Waals surface area (Å²) in [5.41, 5.74) is 2.78. The molecule has 7 heteroatoms. The van der Waals surface area contributed by atoms with Crippen molar-refractivity contribution in [1.29, 1.82) is 0 Å². The quantitative estimate of drug-likeness (QED) is 0.351. The Balaban J connectivity index is 1.68. The van der Waals surface area contributed by atoms with Crippen molar-refractivity contribution in [2.24, 2.45) is 0 Å². The van der Waals surface area contributed by atoms with Crippen LogP contribution in [0.3, 0.4) is 0 Å². The van der Waals surface area contributed by atoms with E-state index in [1.54, 1.807) is 41.0 Å². The van der Waals surface area contributed by atoms with E-state index < -0.39 is 0 Å². The zero-order chi connectivity index (χ0) is 21.1. The number of aryl methyl sites for hydroxylation is 1. The van der Waals surface area contributed by atoms with Crippen LogP contribution in [-0.2, 0) is 4.79 Å². The summed E-state index contributed by atoms with van der Waals surface area (Å²) < 4.78 is 1.55. The van der Waals surface area contributed by atoms with Gasteiger partial charge in [-0.05, 0) is 43.3 Å². The van der Waals surface area contributed by atoms with E-state index in [0.29, 0.717) is 32.5 Å². The zero-order valence-corrected chi connectivity index (χ0v) is 17.7.